The molecular formula is C73H90N12O10S. The Morgan fingerprint density at radius 2 is 0.906 bits per heavy atom. The van der Waals surface area contributed by atoms with E-state index < -0.39 is 23.6 Å². The van der Waals surface area contributed by atoms with Gasteiger partial charge in [-0.3, -0.25) is 28.8 Å². The van der Waals surface area contributed by atoms with Gasteiger partial charge in [0.1, 0.15) is 51.3 Å². The first-order valence-electron chi connectivity index (χ1n) is 33.2. The SMILES string of the molecule is CCC(=O)C[C@H]1CCCN(c2nccc3cc(C(N)=O)c(OC)cc23)C1.CCC(=O)N1CCC[C@@H](Nc2nccc3cc(C(N)=O)c(OC)cc23)C1.COc1cc2c(NC3CCCCC3)nccc2cc1C(N)=O.COc1cc2c(SC3CCCCC3)nccc2cc1C(N)=O. The molecule has 12 rings (SSSR count). The van der Waals surface area contributed by atoms with Gasteiger partial charge in [0.2, 0.25) is 5.91 Å². The molecule has 2 aliphatic heterocycles. The monoisotopic (exact) mass is 1330 g/mol. The number of hydrogen-bond donors (Lipinski definition) is 6. The second-order valence-corrected chi connectivity index (χ2v) is 26.0. The van der Waals surface area contributed by atoms with Gasteiger partial charge in [-0.15, -0.1) is 11.8 Å². The number of ketones is 1. The molecule has 0 spiro atoms. The largest absolute Gasteiger partial charge is 0.496 e. The molecule has 4 fully saturated rings. The van der Waals surface area contributed by atoms with Crippen LogP contribution in [0.15, 0.2) is 103 Å². The molecule has 4 aromatic heterocycles. The zero-order valence-corrected chi connectivity index (χ0v) is 56.7. The minimum absolute atomic E-state index is 0.138. The summed E-state index contributed by atoms with van der Waals surface area (Å²) in [5, 5.41) is 16.1. The van der Waals surface area contributed by atoms with Gasteiger partial charge in [-0.1, -0.05) is 52.4 Å². The number of likely N-dealkylation sites (tertiary alicyclic amines) is 1. The van der Waals surface area contributed by atoms with Gasteiger partial charge in [-0.2, -0.15) is 0 Å². The summed E-state index contributed by atoms with van der Waals surface area (Å²) < 4.78 is 21.3. The number of piperidine rings is 2. The maximum atomic E-state index is 12.0. The Morgan fingerprint density at radius 3 is 1.40 bits per heavy atom. The molecule has 5 amide bonds. The second-order valence-electron chi connectivity index (χ2n) is 24.7. The summed E-state index contributed by atoms with van der Waals surface area (Å²) in [5.74, 6) is 3.14. The van der Waals surface area contributed by atoms with E-state index in [1.807, 2.05) is 73.0 Å². The van der Waals surface area contributed by atoms with Crippen LogP contribution in [-0.2, 0) is 9.59 Å². The molecule has 2 saturated heterocycles. The van der Waals surface area contributed by atoms with Crippen molar-refractivity contribution in [3.63, 3.8) is 0 Å². The Hall–Kier alpha value is -9.51. The minimum Gasteiger partial charge on any atom is -0.496 e. The molecule has 2 saturated carbocycles. The van der Waals surface area contributed by atoms with Crippen LogP contribution in [0, 0.1) is 5.92 Å². The molecule has 10 N–H and O–H groups in total. The van der Waals surface area contributed by atoms with Crippen molar-refractivity contribution in [1.29, 1.82) is 0 Å². The van der Waals surface area contributed by atoms with E-state index in [2.05, 4.69) is 35.5 Å². The van der Waals surface area contributed by atoms with Crippen molar-refractivity contribution in [1.82, 2.24) is 24.8 Å². The number of aromatic nitrogens is 4. The zero-order chi connectivity index (χ0) is 68.4. The lowest BCUT2D eigenvalue weighted by atomic mass is 9.92. The fourth-order valence-corrected chi connectivity index (χ4v) is 14.5. The maximum absolute atomic E-state index is 12.0. The van der Waals surface area contributed by atoms with E-state index in [1.165, 1.54) is 85.5 Å². The first kappa shape index (κ1) is 70.8. The lowest BCUT2D eigenvalue weighted by Crippen LogP contribution is -2.45. The first-order chi connectivity index (χ1) is 46.4. The van der Waals surface area contributed by atoms with E-state index >= 15 is 0 Å². The smallest absolute Gasteiger partial charge is 0.252 e. The zero-order valence-electron chi connectivity index (χ0n) is 55.9. The number of anilines is 3. The molecule has 0 unspecified atom stereocenters. The average molecular weight is 1330 g/mol. The molecule has 508 valence electrons. The number of amides is 5. The Bertz CT molecular complexity index is 3980. The molecule has 96 heavy (non-hydrogen) atoms. The number of nitrogens with one attached hydrogen (secondary N) is 2. The number of fused-ring (bicyclic) bond motifs is 4. The summed E-state index contributed by atoms with van der Waals surface area (Å²) in [6.07, 6.45) is 25.4. The van der Waals surface area contributed by atoms with Gasteiger partial charge < -0.3 is 62.3 Å². The molecule has 4 aromatic carbocycles. The lowest BCUT2D eigenvalue weighted by molar-refractivity contribution is -0.131. The summed E-state index contributed by atoms with van der Waals surface area (Å²) in [6, 6.07) is 22.5. The Kier molecular flexibility index (Phi) is 24.9. The summed E-state index contributed by atoms with van der Waals surface area (Å²) in [6.45, 7) is 7.00. The highest BCUT2D eigenvalue weighted by Gasteiger charge is 2.27. The minimum atomic E-state index is -0.531. The van der Waals surface area contributed by atoms with Crippen LogP contribution in [0.5, 0.6) is 23.0 Å². The highest BCUT2D eigenvalue weighted by atomic mass is 32.2. The molecule has 8 aromatic rings. The predicted molar refractivity (Wildman–Crippen MR) is 379 cm³/mol. The number of methoxy groups -OCH3 is 4. The second kappa shape index (κ2) is 33.7. The highest BCUT2D eigenvalue weighted by Crippen LogP contribution is 2.39. The third-order valence-corrected chi connectivity index (χ3v) is 19.6. The van der Waals surface area contributed by atoms with Crippen LogP contribution < -0.4 is 57.4 Å². The Morgan fingerprint density at radius 1 is 0.479 bits per heavy atom. The van der Waals surface area contributed by atoms with Gasteiger partial charge in [-0.05, 0) is 152 Å². The number of benzene rings is 4. The average Bonchev–Trinajstić information content (AvgIpc) is 0.809. The number of pyridine rings is 4. The number of primary amides is 4. The van der Waals surface area contributed by atoms with E-state index in [-0.39, 0.29) is 11.9 Å². The first-order valence-corrected chi connectivity index (χ1v) is 34.1. The topological polar surface area (TPSA) is 326 Å². The number of nitrogens with zero attached hydrogens (tertiary/aromatic N) is 6. The van der Waals surface area contributed by atoms with E-state index in [1.54, 1.807) is 62.2 Å². The molecule has 4 aliphatic rings. The normalized spacial score (nSPS) is 16.6. The number of thioether (sulfide) groups is 1. The number of rotatable bonds is 19. The van der Waals surface area contributed by atoms with Crippen LogP contribution in [0.3, 0.4) is 0 Å². The van der Waals surface area contributed by atoms with Gasteiger partial charge in [0.15, 0.2) is 0 Å². The van der Waals surface area contributed by atoms with E-state index in [9.17, 15) is 28.8 Å². The third-order valence-electron chi connectivity index (χ3n) is 18.3. The Labute approximate surface area is 564 Å². The van der Waals surface area contributed by atoms with E-state index in [4.69, 9.17) is 41.9 Å². The van der Waals surface area contributed by atoms with Crippen LogP contribution >= 0.6 is 11.8 Å². The summed E-state index contributed by atoms with van der Waals surface area (Å²) in [7, 11) is 6.12. The van der Waals surface area contributed by atoms with Crippen LogP contribution in [0.25, 0.3) is 43.1 Å². The van der Waals surface area contributed by atoms with Gasteiger partial charge >= 0.3 is 0 Å². The fourth-order valence-electron chi connectivity index (χ4n) is 13.2. The molecule has 2 atom stereocenters. The summed E-state index contributed by atoms with van der Waals surface area (Å²) in [4.78, 5) is 92.4. The van der Waals surface area contributed by atoms with Crippen molar-refractivity contribution in [2.45, 2.75) is 145 Å². The van der Waals surface area contributed by atoms with Crippen molar-refractivity contribution >= 4 is 108 Å². The molecular weight excluding hydrogens is 1240 g/mol. The van der Waals surface area contributed by atoms with Crippen molar-refractivity contribution in [3.05, 3.63) is 120 Å². The molecule has 23 heteroatoms. The quantitative estimate of drug-likeness (QED) is 0.0438. The maximum Gasteiger partial charge on any atom is 0.252 e. The third kappa shape index (κ3) is 17.7. The molecule has 6 heterocycles. The molecule has 22 nitrogen and oxygen atoms in total. The van der Waals surface area contributed by atoms with E-state index in [0.29, 0.717) is 99.9 Å². The summed E-state index contributed by atoms with van der Waals surface area (Å²) in [5.41, 5.74) is 23.3. The highest BCUT2D eigenvalue weighted by molar-refractivity contribution is 8.00. The van der Waals surface area contributed by atoms with Crippen molar-refractivity contribution < 1.29 is 47.7 Å². The van der Waals surface area contributed by atoms with Crippen molar-refractivity contribution in [3.8, 4) is 23.0 Å². The van der Waals surface area contributed by atoms with Gasteiger partial charge in [0.05, 0.1) is 50.7 Å². The van der Waals surface area contributed by atoms with Crippen molar-refractivity contribution in [2.24, 2.45) is 28.9 Å². The number of nitrogens with two attached hydrogens (primary N) is 4. The predicted octanol–water partition coefficient (Wildman–Crippen LogP) is 11.9. The number of ether oxygens (including phenoxy) is 4. The molecule has 0 bridgehead atoms. The number of carbonyl (C=O) groups excluding carboxylic acids is 6. The number of hydrogen-bond acceptors (Lipinski definition) is 18. The van der Waals surface area contributed by atoms with Gasteiger partial charge in [-0.25, -0.2) is 19.9 Å². The fraction of sp³-hybridized carbons (Fsp3) is 0.425. The lowest BCUT2D eigenvalue weighted by Gasteiger charge is -2.34. The Balaban J connectivity index is 0.000000151. The van der Waals surface area contributed by atoms with Crippen molar-refractivity contribution in [2.75, 3.05) is 70.2 Å². The van der Waals surface area contributed by atoms with Crippen LogP contribution in [-0.4, -0.2) is 132 Å². The van der Waals surface area contributed by atoms with Crippen LogP contribution in [0.4, 0.5) is 17.5 Å². The number of carbonyl (C=O) groups is 6. The van der Waals surface area contributed by atoms with Crippen LogP contribution in [0.1, 0.15) is 164 Å². The van der Waals surface area contributed by atoms with E-state index in [0.717, 1.165) is 105 Å². The molecule has 2 aliphatic carbocycles. The van der Waals surface area contributed by atoms with Gasteiger partial charge in [0.25, 0.3) is 23.6 Å². The molecule has 0 radical (unpaired) electrons. The number of Topliss-reactive ketones (excluding diaryl/α,β-unsaturated/α-hetero) is 1. The van der Waals surface area contributed by atoms with Gasteiger partial charge in [0, 0.05) is 109 Å². The standard InChI is InChI=1S/C20H25N3O3.C19H24N4O3.C17H21N3O2.C17H20N2O2S/c1-3-15(24)9-13-5-4-8-23(12-13)20-16-11-18(26-2)17(19(21)25)10-14(16)6-7-22-20;1-3-17(24)23-8-4-5-13(11-23)22-19-14-10-16(26-2)15(18(20)25)9-12(14)6-7-21-19;1-22-15-10-13-11(9-14(15)16(18)21)7-8-19-17(13)20-12-5-3-2-4-6-12;1-21-15-10-13-11(9-14(15)16(18)20)7-8-19-17(13)22-12-5-3-2-4-6-12/h6-7,10-11,13H,3-5,8-9,12H2,1-2H3,(H2,21,25);6-7,9-10,13H,3-5,8,11H2,1-2H3,(H2,20,25)(H,21,22);7-10,12H,2-6H2,1H3,(H2,18,21)(H,19,20);7-10,12H,2-6H2,1H3,(H2,18,20)/t2*13-;;/m11../s1. The summed E-state index contributed by atoms with van der Waals surface area (Å²) >= 11 is 1.84. The van der Waals surface area contributed by atoms with Crippen LogP contribution in [0.2, 0.25) is 0 Å².